The lowest BCUT2D eigenvalue weighted by Gasteiger charge is -2.13. The van der Waals surface area contributed by atoms with E-state index < -0.39 is 11.0 Å². The minimum Gasteiger partial charge on any atom is -0.321 e. The number of hydrogen-bond donors (Lipinski definition) is 1. The molecule has 28 heavy (non-hydrogen) atoms. The molecule has 0 bridgehead atoms. The van der Waals surface area contributed by atoms with Crippen LogP contribution in [0.15, 0.2) is 36.7 Å². The summed E-state index contributed by atoms with van der Waals surface area (Å²) in [6.07, 6.45) is 2.35. The van der Waals surface area contributed by atoms with Gasteiger partial charge in [-0.1, -0.05) is 23.7 Å². The molecule has 1 aromatic carbocycles. The van der Waals surface area contributed by atoms with E-state index in [-0.39, 0.29) is 11.6 Å². The molecule has 1 atom stereocenters. The number of rotatable bonds is 6. The van der Waals surface area contributed by atoms with Gasteiger partial charge in [-0.05, 0) is 38.5 Å². The zero-order valence-electron chi connectivity index (χ0n) is 15.6. The molecule has 0 aliphatic rings. The van der Waals surface area contributed by atoms with Gasteiger partial charge in [0.05, 0.1) is 28.5 Å². The third kappa shape index (κ3) is 4.04. The average Bonchev–Trinajstić information content (AvgIpc) is 3.24. The molecule has 0 radical (unpaired) electrons. The third-order valence-corrected chi connectivity index (χ3v) is 4.70. The molecule has 0 aliphatic heterocycles. The molecule has 1 N–H and O–H groups in total. The van der Waals surface area contributed by atoms with E-state index in [0.717, 1.165) is 17.5 Å². The first kappa shape index (κ1) is 19.6. The molecule has 9 nitrogen and oxygen atoms in total. The van der Waals surface area contributed by atoms with Gasteiger partial charge in [-0.2, -0.15) is 10.2 Å². The molecule has 0 aliphatic carbocycles. The summed E-state index contributed by atoms with van der Waals surface area (Å²) in [5.41, 5.74) is 2.97. The molecule has 1 unspecified atom stereocenters. The van der Waals surface area contributed by atoms with Crippen molar-refractivity contribution in [2.45, 2.75) is 33.4 Å². The minimum atomic E-state index is -0.716. The van der Waals surface area contributed by atoms with Gasteiger partial charge in [0.25, 0.3) is 0 Å². The Balaban J connectivity index is 1.76. The van der Waals surface area contributed by atoms with Crippen LogP contribution in [0.3, 0.4) is 0 Å². The Morgan fingerprint density at radius 3 is 2.61 bits per heavy atom. The number of halogens is 1. The van der Waals surface area contributed by atoms with Gasteiger partial charge < -0.3 is 5.32 Å². The van der Waals surface area contributed by atoms with Crippen LogP contribution in [-0.4, -0.2) is 30.4 Å². The van der Waals surface area contributed by atoms with Crippen molar-refractivity contribution in [1.29, 1.82) is 0 Å². The smallest absolute Gasteiger partial charge is 0.307 e. The molecule has 0 fully saturated rings. The van der Waals surface area contributed by atoms with Crippen LogP contribution in [0, 0.1) is 24.0 Å². The fourth-order valence-electron chi connectivity index (χ4n) is 2.78. The van der Waals surface area contributed by atoms with Crippen molar-refractivity contribution in [1.82, 2.24) is 19.6 Å². The molecule has 0 spiro atoms. The Hall–Kier alpha value is -3.20. The van der Waals surface area contributed by atoms with Crippen LogP contribution in [0.25, 0.3) is 0 Å². The number of carbonyl (C=O) groups excluding carboxylic acids is 1. The fourth-order valence-corrected chi connectivity index (χ4v) is 2.90. The van der Waals surface area contributed by atoms with Gasteiger partial charge in [-0.3, -0.25) is 24.3 Å². The summed E-state index contributed by atoms with van der Waals surface area (Å²) in [4.78, 5) is 22.8. The number of nitrogens with one attached hydrogen (secondary N) is 1. The topological polar surface area (TPSA) is 108 Å². The molecule has 0 saturated heterocycles. The van der Waals surface area contributed by atoms with Gasteiger partial charge in [0.1, 0.15) is 18.4 Å². The molecule has 1 amide bonds. The van der Waals surface area contributed by atoms with Crippen molar-refractivity contribution in [3.63, 3.8) is 0 Å². The summed E-state index contributed by atoms with van der Waals surface area (Å²) in [6.45, 7) is 5.84. The number of amides is 1. The zero-order chi connectivity index (χ0) is 20.4. The van der Waals surface area contributed by atoms with Crippen molar-refractivity contribution >= 4 is 28.9 Å². The maximum absolute atomic E-state index is 12.6. The number of carbonyl (C=O) groups is 1. The quantitative estimate of drug-likeness (QED) is 0.501. The van der Waals surface area contributed by atoms with E-state index in [1.807, 2.05) is 38.1 Å². The van der Waals surface area contributed by atoms with E-state index in [4.69, 9.17) is 11.6 Å². The van der Waals surface area contributed by atoms with Crippen molar-refractivity contribution in [2.24, 2.45) is 0 Å². The van der Waals surface area contributed by atoms with Crippen LogP contribution < -0.4 is 5.32 Å². The number of anilines is 1. The lowest BCUT2D eigenvalue weighted by Crippen LogP contribution is -2.24. The lowest BCUT2D eigenvalue weighted by molar-refractivity contribution is -0.385. The molecule has 3 rings (SSSR count). The Morgan fingerprint density at radius 2 is 2.00 bits per heavy atom. The maximum Gasteiger partial charge on any atom is 0.307 e. The number of hydrogen-bond acceptors (Lipinski definition) is 5. The summed E-state index contributed by atoms with van der Waals surface area (Å²) >= 11 is 5.92. The van der Waals surface area contributed by atoms with E-state index in [0.29, 0.717) is 22.9 Å². The standard InChI is InChI=1S/C18H19ClN6O3/c1-11-17(12(2)24(22-11)9-14-4-6-15(19)7-5-14)21-18(26)13(3)23-10-16(8-20-23)25(27)28/h4-8,10,13H,9H2,1-3H3,(H,21,26). The first-order valence-corrected chi connectivity index (χ1v) is 8.92. The first-order chi connectivity index (χ1) is 13.3. The van der Waals surface area contributed by atoms with E-state index >= 15 is 0 Å². The van der Waals surface area contributed by atoms with Crippen molar-refractivity contribution < 1.29 is 9.72 Å². The Labute approximate surface area is 166 Å². The van der Waals surface area contributed by atoms with Gasteiger partial charge >= 0.3 is 5.69 Å². The van der Waals surface area contributed by atoms with Crippen LogP contribution in [-0.2, 0) is 11.3 Å². The minimum absolute atomic E-state index is 0.164. The Bertz CT molecular complexity index is 1020. The highest BCUT2D eigenvalue weighted by molar-refractivity contribution is 6.30. The predicted octanol–water partition coefficient (Wildman–Crippen LogP) is 3.51. The van der Waals surface area contributed by atoms with E-state index in [1.54, 1.807) is 11.6 Å². The Kier molecular flexibility index (Phi) is 5.46. The van der Waals surface area contributed by atoms with Crippen LogP contribution in [0.1, 0.15) is 29.9 Å². The second-order valence-electron chi connectivity index (χ2n) is 6.43. The van der Waals surface area contributed by atoms with Crippen LogP contribution in [0.4, 0.5) is 11.4 Å². The van der Waals surface area contributed by atoms with Gasteiger partial charge in [0.15, 0.2) is 0 Å². The predicted molar refractivity (Wildman–Crippen MR) is 104 cm³/mol. The van der Waals surface area contributed by atoms with Gasteiger partial charge in [0.2, 0.25) is 5.91 Å². The van der Waals surface area contributed by atoms with E-state index in [9.17, 15) is 14.9 Å². The second kappa shape index (κ2) is 7.81. The summed E-state index contributed by atoms with van der Waals surface area (Å²) in [5.74, 6) is -0.338. The van der Waals surface area contributed by atoms with Crippen molar-refractivity contribution in [3.05, 3.63) is 68.7 Å². The van der Waals surface area contributed by atoms with Crippen LogP contribution in [0.5, 0.6) is 0 Å². The average molecular weight is 403 g/mol. The van der Waals surface area contributed by atoms with E-state index in [1.165, 1.54) is 10.9 Å². The molecule has 146 valence electrons. The first-order valence-electron chi connectivity index (χ1n) is 8.54. The SMILES string of the molecule is Cc1nn(Cc2ccc(Cl)cc2)c(C)c1NC(=O)C(C)n1cc([N+](=O)[O-])cn1. The number of benzene rings is 1. The number of nitrogens with zero attached hydrogens (tertiary/aromatic N) is 5. The zero-order valence-corrected chi connectivity index (χ0v) is 16.3. The van der Waals surface area contributed by atoms with Crippen LogP contribution in [0.2, 0.25) is 5.02 Å². The molecule has 0 saturated carbocycles. The van der Waals surface area contributed by atoms with Gasteiger partial charge in [-0.25, -0.2) is 0 Å². The normalized spacial score (nSPS) is 12.0. The lowest BCUT2D eigenvalue weighted by atomic mass is 10.2. The van der Waals surface area contributed by atoms with Gasteiger partial charge in [0, 0.05) is 5.02 Å². The molecule has 2 heterocycles. The monoisotopic (exact) mass is 402 g/mol. The molecule has 2 aromatic heterocycles. The number of aromatic nitrogens is 4. The second-order valence-corrected chi connectivity index (χ2v) is 6.87. The number of aryl methyl sites for hydroxylation is 1. The largest absolute Gasteiger partial charge is 0.321 e. The van der Waals surface area contributed by atoms with Crippen molar-refractivity contribution in [3.8, 4) is 0 Å². The Morgan fingerprint density at radius 1 is 1.32 bits per heavy atom. The highest BCUT2D eigenvalue weighted by Crippen LogP contribution is 2.23. The molecular weight excluding hydrogens is 384 g/mol. The van der Waals surface area contributed by atoms with Crippen molar-refractivity contribution in [2.75, 3.05) is 5.32 Å². The number of nitro groups is 1. The highest BCUT2D eigenvalue weighted by atomic mass is 35.5. The van der Waals surface area contributed by atoms with E-state index in [2.05, 4.69) is 15.5 Å². The summed E-state index contributed by atoms with van der Waals surface area (Å²) in [6, 6.07) is 6.76. The molecule has 10 heteroatoms. The van der Waals surface area contributed by atoms with Crippen LogP contribution >= 0.6 is 11.6 Å². The molecular formula is C18H19ClN6O3. The summed E-state index contributed by atoms with van der Waals surface area (Å²) < 4.78 is 3.06. The molecule has 3 aromatic rings. The van der Waals surface area contributed by atoms with Gasteiger partial charge in [-0.15, -0.1) is 0 Å². The summed E-state index contributed by atoms with van der Waals surface area (Å²) in [7, 11) is 0. The highest BCUT2D eigenvalue weighted by Gasteiger charge is 2.22. The fraction of sp³-hybridized carbons (Fsp3) is 0.278. The third-order valence-electron chi connectivity index (χ3n) is 4.45. The summed E-state index contributed by atoms with van der Waals surface area (Å²) in [5, 5.41) is 22.7. The maximum atomic E-state index is 12.6.